The van der Waals surface area contributed by atoms with Crippen LogP contribution in [0.5, 0.6) is 0 Å². The summed E-state index contributed by atoms with van der Waals surface area (Å²) in [5, 5.41) is 0.434. The summed E-state index contributed by atoms with van der Waals surface area (Å²) < 4.78 is 40.8. The molecule has 1 aliphatic heterocycles. The zero-order chi connectivity index (χ0) is 20.8. The molecule has 1 aliphatic carbocycles. The molecule has 0 aromatic heterocycles. The maximum Gasteiger partial charge on any atom is 0.416 e. The molecule has 2 aromatic carbocycles. The van der Waals surface area contributed by atoms with E-state index in [9.17, 15) is 22.8 Å². The minimum Gasteiger partial charge on any atom is -0.294 e. The summed E-state index contributed by atoms with van der Waals surface area (Å²) in [5.41, 5.74) is 0.489. The molecule has 0 spiro atoms. The number of alkyl halides is 3. The number of amides is 1. The number of carbonyl (C=O) groups is 2. The highest BCUT2D eigenvalue weighted by Gasteiger charge is 2.43. The predicted molar refractivity (Wildman–Crippen MR) is 104 cm³/mol. The lowest BCUT2D eigenvalue weighted by Gasteiger charge is -2.39. The van der Waals surface area contributed by atoms with Gasteiger partial charge >= 0.3 is 6.18 Å². The van der Waals surface area contributed by atoms with Gasteiger partial charge in [-0.1, -0.05) is 35.9 Å². The molecule has 0 bridgehead atoms. The summed E-state index contributed by atoms with van der Waals surface area (Å²) in [6, 6.07) is 11.9. The number of hydrogen-bond acceptors (Lipinski definition) is 2. The molecule has 0 fully saturated rings. The zero-order valence-corrected chi connectivity index (χ0v) is 16.1. The van der Waals surface area contributed by atoms with Crippen molar-refractivity contribution >= 4 is 29.0 Å². The number of hydrogen-bond donors (Lipinski definition) is 0. The predicted octanol–water partition coefficient (Wildman–Crippen LogP) is 5.89. The monoisotopic (exact) mass is 419 g/mol. The molecule has 29 heavy (non-hydrogen) atoms. The maximum absolute atomic E-state index is 13.6. The number of halogens is 4. The number of Topliss-reactive ketones (excluding diaryl/α,β-unsaturated/α-hetero) is 1. The molecule has 1 atom stereocenters. The van der Waals surface area contributed by atoms with Gasteiger partial charge in [0.25, 0.3) is 0 Å². The van der Waals surface area contributed by atoms with Gasteiger partial charge in [-0.3, -0.25) is 14.5 Å². The van der Waals surface area contributed by atoms with E-state index in [0.29, 0.717) is 34.8 Å². The summed E-state index contributed by atoms with van der Waals surface area (Å²) in [6.45, 7) is 0. The summed E-state index contributed by atoms with van der Waals surface area (Å²) >= 11 is 6.07. The van der Waals surface area contributed by atoms with Gasteiger partial charge in [-0.2, -0.15) is 13.2 Å². The van der Waals surface area contributed by atoms with E-state index < -0.39 is 17.7 Å². The second-order valence-electron chi connectivity index (χ2n) is 7.19. The van der Waals surface area contributed by atoms with Crippen molar-refractivity contribution in [1.29, 1.82) is 0 Å². The van der Waals surface area contributed by atoms with E-state index in [-0.39, 0.29) is 30.1 Å². The number of rotatable bonds is 2. The average molecular weight is 420 g/mol. The summed E-state index contributed by atoms with van der Waals surface area (Å²) in [4.78, 5) is 27.3. The lowest BCUT2D eigenvalue weighted by molar-refractivity contribution is -0.138. The van der Waals surface area contributed by atoms with E-state index in [0.717, 1.165) is 6.07 Å². The van der Waals surface area contributed by atoms with Gasteiger partial charge in [0.2, 0.25) is 5.91 Å². The van der Waals surface area contributed by atoms with Crippen molar-refractivity contribution in [2.45, 2.75) is 37.8 Å². The van der Waals surface area contributed by atoms with Crippen LogP contribution in [-0.4, -0.2) is 11.7 Å². The van der Waals surface area contributed by atoms with Gasteiger partial charge in [-0.25, -0.2) is 0 Å². The lowest BCUT2D eigenvalue weighted by atomic mass is 9.76. The molecular formula is C22H17ClF3NO2. The van der Waals surface area contributed by atoms with Crippen LogP contribution in [0.3, 0.4) is 0 Å². The van der Waals surface area contributed by atoms with Gasteiger partial charge in [-0.05, 0) is 42.7 Å². The smallest absolute Gasteiger partial charge is 0.294 e. The van der Waals surface area contributed by atoms with E-state index in [4.69, 9.17) is 11.6 Å². The second-order valence-corrected chi connectivity index (χ2v) is 7.62. The average Bonchev–Trinajstić information content (AvgIpc) is 2.67. The van der Waals surface area contributed by atoms with E-state index in [1.54, 1.807) is 24.3 Å². The highest BCUT2D eigenvalue weighted by Crippen LogP contribution is 2.46. The molecule has 1 heterocycles. The lowest BCUT2D eigenvalue weighted by Crippen LogP contribution is -2.41. The van der Waals surface area contributed by atoms with Crippen molar-refractivity contribution < 1.29 is 22.8 Å². The molecule has 150 valence electrons. The highest BCUT2D eigenvalue weighted by molar-refractivity contribution is 6.31. The second kappa shape index (κ2) is 7.34. The molecule has 2 aromatic rings. The van der Waals surface area contributed by atoms with Crippen molar-refractivity contribution in [2.24, 2.45) is 0 Å². The Kier molecular flexibility index (Phi) is 4.99. The number of carbonyl (C=O) groups excluding carboxylic acids is 2. The number of ketones is 1. The van der Waals surface area contributed by atoms with Crippen LogP contribution < -0.4 is 4.90 Å². The first-order valence-corrected chi connectivity index (χ1v) is 9.66. The van der Waals surface area contributed by atoms with Gasteiger partial charge < -0.3 is 0 Å². The van der Waals surface area contributed by atoms with Crippen LogP contribution in [0, 0.1) is 0 Å². The third-order valence-corrected chi connectivity index (χ3v) is 5.62. The fraction of sp³-hybridized carbons (Fsp3) is 0.273. The minimum atomic E-state index is -4.57. The fourth-order valence-electron chi connectivity index (χ4n) is 4.23. The third-order valence-electron chi connectivity index (χ3n) is 5.38. The topological polar surface area (TPSA) is 37.4 Å². The van der Waals surface area contributed by atoms with E-state index >= 15 is 0 Å². The van der Waals surface area contributed by atoms with Crippen molar-refractivity contribution in [3.05, 3.63) is 76.0 Å². The quantitative estimate of drug-likeness (QED) is 0.609. The zero-order valence-electron chi connectivity index (χ0n) is 15.3. The van der Waals surface area contributed by atoms with Crippen molar-refractivity contribution in [3.63, 3.8) is 0 Å². The van der Waals surface area contributed by atoms with Crippen molar-refractivity contribution in [3.8, 4) is 0 Å². The van der Waals surface area contributed by atoms with Crippen LogP contribution in [-0.2, 0) is 15.8 Å². The van der Waals surface area contributed by atoms with E-state index in [2.05, 4.69) is 0 Å². The van der Waals surface area contributed by atoms with Crippen molar-refractivity contribution in [1.82, 2.24) is 0 Å². The van der Waals surface area contributed by atoms with E-state index in [1.165, 1.54) is 23.1 Å². The van der Waals surface area contributed by atoms with Crippen molar-refractivity contribution in [2.75, 3.05) is 4.90 Å². The van der Waals surface area contributed by atoms with E-state index in [1.807, 2.05) is 0 Å². The molecule has 7 heteroatoms. The Hall–Kier alpha value is -2.60. The highest BCUT2D eigenvalue weighted by atomic mass is 35.5. The van der Waals surface area contributed by atoms with Crippen LogP contribution in [0.4, 0.5) is 18.9 Å². The molecule has 3 nitrogen and oxygen atoms in total. The molecule has 0 saturated carbocycles. The first-order valence-electron chi connectivity index (χ1n) is 9.28. The van der Waals surface area contributed by atoms with Crippen LogP contribution in [0.15, 0.2) is 59.8 Å². The minimum absolute atomic E-state index is 0.0261. The Morgan fingerprint density at radius 3 is 2.48 bits per heavy atom. The van der Waals surface area contributed by atoms with Crippen LogP contribution in [0.1, 0.15) is 42.7 Å². The first-order chi connectivity index (χ1) is 13.8. The number of benzene rings is 2. The number of allylic oxidation sites excluding steroid dienone is 2. The normalized spacial score (nSPS) is 20.1. The Morgan fingerprint density at radius 2 is 1.76 bits per heavy atom. The van der Waals surface area contributed by atoms with Crippen LogP contribution >= 0.6 is 11.6 Å². The molecule has 1 unspecified atom stereocenters. The van der Waals surface area contributed by atoms with Gasteiger partial charge in [-0.15, -0.1) is 0 Å². The number of anilines is 1. The largest absolute Gasteiger partial charge is 0.416 e. The molecule has 4 rings (SSSR count). The third kappa shape index (κ3) is 3.57. The van der Waals surface area contributed by atoms with Crippen LogP contribution in [0.25, 0.3) is 0 Å². The number of nitrogens with zero attached hydrogens (tertiary/aromatic N) is 1. The summed E-state index contributed by atoms with van der Waals surface area (Å²) in [5.74, 6) is -1.45. The van der Waals surface area contributed by atoms with Gasteiger partial charge in [0.05, 0.1) is 11.3 Å². The molecule has 1 amide bonds. The molecular weight excluding hydrogens is 403 g/mol. The van der Waals surface area contributed by atoms with Gasteiger partial charge in [0.1, 0.15) is 0 Å². The van der Waals surface area contributed by atoms with Crippen LogP contribution in [0.2, 0.25) is 5.02 Å². The Labute approximate surface area is 170 Å². The maximum atomic E-state index is 13.6. The standard InChI is InChI=1S/C22H17ClF3NO2/c23-13-5-3-6-14(11-13)27-18-9-4-10-19(28)21(18)16(12-20(27)29)15-7-1-2-8-17(15)22(24,25)26/h1-3,5-8,11,16H,4,9-10,12H2. The fourth-order valence-corrected chi connectivity index (χ4v) is 4.42. The molecule has 0 radical (unpaired) electrons. The van der Waals surface area contributed by atoms with Gasteiger partial charge in [0, 0.05) is 35.1 Å². The summed E-state index contributed by atoms with van der Waals surface area (Å²) in [6.07, 6.45) is -3.51. The summed E-state index contributed by atoms with van der Waals surface area (Å²) in [7, 11) is 0. The Bertz CT molecular complexity index is 1030. The van der Waals surface area contributed by atoms with Gasteiger partial charge in [0.15, 0.2) is 5.78 Å². The first kappa shape index (κ1) is 19.7. The Balaban J connectivity index is 1.90. The molecule has 2 aliphatic rings. The molecule has 0 saturated heterocycles. The SMILES string of the molecule is O=C1CCCC2=C1C(c1ccccc1C(F)(F)F)CC(=O)N2c1cccc(Cl)c1. The Morgan fingerprint density at radius 1 is 1.00 bits per heavy atom. The molecule has 0 N–H and O–H groups in total.